The third-order valence-corrected chi connectivity index (χ3v) is 4.19. The fourth-order valence-electron chi connectivity index (χ4n) is 2.65. The van der Waals surface area contributed by atoms with Crippen LogP contribution in [-0.4, -0.2) is 19.1 Å². The lowest BCUT2D eigenvalue weighted by Crippen LogP contribution is -2.20. The van der Waals surface area contributed by atoms with Gasteiger partial charge in [0.25, 0.3) is 5.91 Å². The molecule has 0 spiro atoms. The van der Waals surface area contributed by atoms with Crippen LogP contribution in [0.4, 0.5) is 5.69 Å². The Morgan fingerprint density at radius 2 is 1.59 bits per heavy atom. The Balaban J connectivity index is 1.48. The van der Waals surface area contributed by atoms with Crippen molar-refractivity contribution < 1.29 is 14.3 Å². The summed E-state index contributed by atoms with van der Waals surface area (Å²) in [5.74, 6) is 1.90. The molecule has 3 rings (SSSR count). The van der Waals surface area contributed by atoms with Crippen molar-refractivity contribution in [2.24, 2.45) is 5.92 Å². The van der Waals surface area contributed by atoms with E-state index in [0.717, 1.165) is 28.6 Å². The molecule has 0 atom stereocenters. The topological polar surface area (TPSA) is 47.6 Å². The molecule has 0 saturated heterocycles. The van der Waals surface area contributed by atoms with E-state index in [-0.39, 0.29) is 12.5 Å². The highest BCUT2D eigenvalue weighted by Gasteiger charge is 2.05. The maximum Gasteiger partial charge on any atom is 0.262 e. The molecule has 0 bridgehead atoms. The van der Waals surface area contributed by atoms with Gasteiger partial charge in [0, 0.05) is 5.69 Å². The monoisotopic (exact) mass is 363 g/mol. The summed E-state index contributed by atoms with van der Waals surface area (Å²) < 4.78 is 11.3. The lowest BCUT2D eigenvalue weighted by Gasteiger charge is -2.10. The fraction of sp³-hybridized carbons (Fsp3) is 0.261. The lowest BCUT2D eigenvalue weighted by molar-refractivity contribution is -0.118. The molecule has 0 aliphatic carbocycles. The summed E-state index contributed by atoms with van der Waals surface area (Å²) in [5, 5.41) is 5.06. The number of ether oxygens (including phenoxy) is 2. The molecule has 1 amide bonds. The van der Waals surface area contributed by atoms with E-state index in [2.05, 4.69) is 19.2 Å². The van der Waals surface area contributed by atoms with Crippen molar-refractivity contribution in [1.29, 1.82) is 0 Å². The number of hydrogen-bond acceptors (Lipinski definition) is 3. The minimum Gasteiger partial charge on any atom is -0.494 e. The molecule has 27 heavy (non-hydrogen) atoms. The molecule has 0 fully saturated rings. The average Bonchev–Trinajstić information content (AvgIpc) is 2.67. The molecule has 0 saturated carbocycles. The van der Waals surface area contributed by atoms with Crippen LogP contribution in [0.15, 0.2) is 66.7 Å². The maximum absolute atomic E-state index is 12.1. The molecule has 0 heterocycles. The van der Waals surface area contributed by atoms with Crippen LogP contribution in [0.1, 0.15) is 20.3 Å². The summed E-state index contributed by atoms with van der Waals surface area (Å²) in [4.78, 5) is 12.1. The quantitative estimate of drug-likeness (QED) is 0.592. The predicted molar refractivity (Wildman–Crippen MR) is 109 cm³/mol. The summed E-state index contributed by atoms with van der Waals surface area (Å²) in [6, 6.07) is 21.2. The molecule has 0 aliphatic rings. The normalized spacial score (nSPS) is 10.8. The minimum atomic E-state index is -0.198. The van der Waals surface area contributed by atoms with Gasteiger partial charge in [0.2, 0.25) is 0 Å². The molecule has 0 unspecified atom stereocenters. The molecule has 3 aromatic carbocycles. The third-order valence-electron chi connectivity index (χ3n) is 4.19. The standard InChI is InChI=1S/C23H25NO3/c1-17(2)13-14-26-21-11-8-20(9-12-21)24-23(25)16-27-22-10-7-18-5-3-4-6-19(18)15-22/h3-12,15,17H,13-14,16H2,1-2H3,(H,24,25). The molecule has 0 aromatic heterocycles. The van der Waals surface area contributed by atoms with E-state index in [1.807, 2.05) is 66.7 Å². The van der Waals surface area contributed by atoms with Crippen LogP contribution >= 0.6 is 0 Å². The number of anilines is 1. The Hall–Kier alpha value is -3.01. The van der Waals surface area contributed by atoms with E-state index in [0.29, 0.717) is 18.3 Å². The van der Waals surface area contributed by atoms with Gasteiger partial charge in [-0.05, 0) is 59.5 Å². The summed E-state index contributed by atoms with van der Waals surface area (Å²) >= 11 is 0. The van der Waals surface area contributed by atoms with Crippen LogP contribution in [0.3, 0.4) is 0 Å². The number of benzene rings is 3. The molecular formula is C23H25NO3. The summed E-state index contributed by atoms with van der Waals surface area (Å²) in [6.45, 7) is 5.00. The summed E-state index contributed by atoms with van der Waals surface area (Å²) in [6.07, 6.45) is 1.02. The number of rotatable bonds is 8. The van der Waals surface area contributed by atoms with E-state index in [9.17, 15) is 4.79 Å². The van der Waals surface area contributed by atoms with Gasteiger partial charge in [0.1, 0.15) is 11.5 Å². The zero-order valence-corrected chi connectivity index (χ0v) is 15.8. The summed E-state index contributed by atoms with van der Waals surface area (Å²) in [5.41, 5.74) is 0.721. The highest BCUT2D eigenvalue weighted by atomic mass is 16.5. The molecule has 1 N–H and O–H groups in total. The van der Waals surface area contributed by atoms with Crippen LogP contribution in [0, 0.1) is 5.92 Å². The van der Waals surface area contributed by atoms with E-state index in [4.69, 9.17) is 9.47 Å². The van der Waals surface area contributed by atoms with Crippen molar-refractivity contribution in [1.82, 2.24) is 0 Å². The van der Waals surface area contributed by atoms with Crippen molar-refractivity contribution in [2.75, 3.05) is 18.5 Å². The first-order chi connectivity index (χ1) is 13.1. The number of amides is 1. The minimum absolute atomic E-state index is 0.0367. The predicted octanol–water partition coefficient (Wildman–Crippen LogP) is 5.28. The number of nitrogens with one attached hydrogen (secondary N) is 1. The van der Waals surface area contributed by atoms with E-state index < -0.39 is 0 Å². The first kappa shape index (κ1) is 18.8. The van der Waals surface area contributed by atoms with E-state index >= 15 is 0 Å². The van der Waals surface area contributed by atoms with Crippen LogP contribution in [0.2, 0.25) is 0 Å². The van der Waals surface area contributed by atoms with Gasteiger partial charge in [0.15, 0.2) is 6.61 Å². The Kier molecular flexibility index (Phi) is 6.31. The van der Waals surface area contributed by atoms with E-state index in [1.165, 1.54) is 0 Å². The van der Waals surface area contributed by atoms with Gasteiger partial charge in [0.05, 0.1) is 6.61 Å². The molecular weight excluding hydrogens is 338 g/mol. The van der Waals surface area contributed by atoms with Crippen molar-refractivity contribution in [3.05, 3.63) is 66.7 Å². The van der Waals surface area contributed by atoms with Crippen LogP contribution in [-0.2, 0) is 4.79 Å². The molecule has 0 radical (unpaired) electrons. The van der Waals surface area contributed by atoms with Crippen LogP contribution in [0.25, 0.3) is 10.8 Å². The Morgan fingerprint density at radius 3 is 2.33 bits per heavy atom. The van der Waals surface area contributed by atoms with Crippen LogP contribution < -0.4 is 14.8 Å². The van der Waals surface area contributed by atoms with Crippen molar-refractivity contribution in [3.63, 3.8) is 0 Å². The third kappa shape index (κ3) is 5.74. The zero-order valence-electron chi connectivity index (χ0n) is 15.8. The average molecular weight is 363 g/mol. The van der Waals surface area contributed by atoms with Crippen LogP contribution in [0.5, 0.6) is 11.5 Å². The van der Waals surface area contributed by atoms with Gasteiger partial charge >= 0.3 is 0 Å². The van der Waals surface area contributed by atoms with Gasteiger partial charge < -0.3 is 14.8 Å². The fourth-order valence-corrected chi connectivity index (χ4v) is 2.65. The van der Waals surface area contributed by atoms with Gasteiger partial charge in [-0.3, -0.25) is 4.79 Å². The zero-order chi connectivity index (χ0) is 19.1. The molecule has 0 aliphatic heterocycles. The van der Waals surface area contributed by atoms with Gasteiger partial charge in [-0.15, -0.1) is 0 Å². The second-order valence-corrected chi connectivity index (χ2v) is 6.90. The van der Waals surface area contributed by atoms with E-state index in [1.54, 1.807) is 0 Å². The second-order valence-electron chi connectivity index (χ2n) is 6.90. The smallest absolute Gasteiger partial charge is 0.262 e. The van der Waals surface area contributed by atoms with Crippen molar-refractivity contribution in [3.8, 4) is 11.5 Å². The molecule has 4 nitrogen and oxygen atoms in total. The van der Waals surface area contributed by atoms with Gasteiger partial charge in [-0.2, -0.15) is 0 Å². The Labute approximate surface area is 160 Å². The number of carbonyl (C=O) groups excluding carboxylic acids is 1. The van der Waals surface area contributed by atoms with Crippen molar-refractivity contribution >= 4 is 22.4 Å². The Bertz CT molecular complexity index is 888. The number of fused-ring (bicyclic) bond motifs is 1. The van der Waals surface area contributed by atoms with Gasteiger partial charge in [-0.25, -0.2) is 0 Å². The van der Waals surface area contributed by atoms with Crippen molar-refractivity contribution in [2.45, 2.75) is 20.3 Å². The molecule has 4 heteroatoms. The lowest BCUT2D eigenvalue weighted by atomic mass is 10.1. The highest BCUT2D eigenvalue weighted by Crippen LogP contribution is 2.21. The highest BCUT2D eigenvalue weighted by molar-refractivity contribution is 5.92. The summed E-state index contributed by atoms with van der Waals surface area (Å²) in [7, 11) is 0. The first-order valence-electron chi connectivity index (χ1n) is 9.24. The Morgan fingerprint density at radius 1 is 0.889 bits per heavy atom. The first-order valence-corrected chi connectivity index (χ1v) is 9.24. The molecule has 140 valence electrons. The van der Waals surface area contributed by atoms with Gasteiger partial charge in [-0.1, -0.05) is 44.2 Å². The molecule has 3 aromatic rings. The maximum atomic E-state index is 12.1. The second kappa shape index (κ2) is 9.08. The SMILES string of the molecule is CC(C)CCOc1ccc(NC(=O)COc2ccc3ccccc3c2)cc1. The number of hydrogen-bond donors (Lipinski definition) is 1. The largest absolute Gasteiger partial charge is 0.494 e. The number of carbonyl (C=O) groups is 1.